The van der Waals surface area contributed by atoms with Crippen LogP contribution in [-0.2, 0) is 9.53 Å². The molecule has 0 saturated carbocycles. The summed E-state index contributed by atoms with van der Waals surface area (Å²) in [5, 5.41) is 5.71. The highest BCUT2D eigenvalue weighted by atomic mass is 79.9. The van der Waals surface area contributed by atoms with Gasteiger partial charge in [0, 0.05) is 17.6 Å². The number of morpholine rings is 1. The first-order chi connectivity index (χ1) is 11.6. The summed E-state index contributed by atoms with van der Waals surface area (Å²) in [4.78, 5) is 26.2. The molecule has 0 bridgehead atoms. The minimum Gasteiger partial charge on any atom is -0.370 e. The van der Waals surface area contributed by atoms with Gasteiger partial charge in [-0.15, -0.1) is 0 Å². The molecule has 2 atom stereocenters. The van der Waals surface area contributed by atoms with E-state index in [0.717, 1.165) is 22.9 Å². The third-order valence-corrected chi connectivity index (χ3v) is 4.96. The minimum atomic E-state index is -0.436. The SMILES string of the molecule is O=C1NCCCCC1NC(=O)N1CCOC(c2ccc(Br)cc2)C1. The number of urea groups is 1. The second-order valence-corrected chi connectivity index (χ2v) is 7.06. The molecule has 1 aromatic carbocycles. The van der Waals surface area contributed by atoms with Crippen molar-refractivity contribution in [2.24, 2.45) is 0 Å². The van der Waals surface area contributed by atoms with Gasteiger partial charge in [-0.1, -0.05) is 28.1 Å². The molecule has 2 N–H and O–H groups in total. The molecule has 3 rings (SSSR count). The Bertz CT molecular complexity index is 593. The van der Waals surface area contributed by atoms with Crippen molar-refractivity contribution in [1.29, 1.82) is 0 Å². The van der Waals surface area contributed by atoms with Crippen LogP contribution in [0, 0.1) is 0 Å². The Morgan fingerprint density at radius 1 is 1.29 bits per heavy atom. The van der Waals surface area contributed by atoms with Crippen molar-refractivity contribution in [1.82, 2.24) is 15.5 Å². The van der Waals surface area contributed by atoms with Crippen LogP contribution >= 0.6 is 15.9 Å². The molecule has 2 heterocycles. The zero-order valence-electron chi connectivity index (χ0n) is 13.5. The van der Waals surface area contributed by atoms with E-state index < -0.39 is 6.04 Å². The first-order valence-corrected chi connectivity index (χ1v) is 9.13. The molecule has 24 heavy (non-hydrogen) atoms. The van der Waals surface area contributed by atoms with Gasteiger partial charge < -0.3 is 20.3 Å². The van der Waals surface area contributed by atoms with Crippen LogP contribution < -0.4 is 10.6 Å². The summed E-state index contributed by atoms with van der Waals surface area (Å²) < 4.78 is 6.81. The van der Waals surface area contributed by atoms with Crippen molar-refractivity contribution < 1.29 is 14.3 Å². The van der Waals surface area contributed by atoms with E-state index in [-0.39, 0.29) is 18.0 Å². The molecule has 2 aliphatic heterocycles. The van der Waals surface area contributed by atoms with Crippen molar-refractivity contribution in [2.75, 3.05) is 26.2 Å². The van der Waals surface area contributed by atoms with E-state index in [9.17, 15) is 9.59 Å². The van der Waals surface area contributed by atoms with Crippen LogP contribution in [0.25, 0.3) is 0 Å². The third-order valence-electron chi connectivity index (χ3n) is 4.43. The molecule has 2 aliphatic rings. The zero-order valence-corrected chi connectivity index (χ0v) is 15.0. The molecule has 3 amide bonds. The Hall–Kier alpha value is -1.60. The molecule has 2 saturated heterocycles. The van der Waals surface area contributed by atoms with Gasteiger partial charge in [-0.25, -0.2) is 4.79 Å². The van der Waals surface area contributed by atoms with E-state index in [4.69, 9.17) is 4.74 Å². The average molecular weight is 396 g/mol. The summed E-state index contributed by atoms with van der Waals surface area (Å²) in [5.74, 6) is -0.0847. The largest absolute Gasteiger partial charge is 0.370 e. The minimum absolute atomic E-state index is 0.0847. The molecule has 0 radical (unpaired) electrons. The number of carbonyl (C=O) groups excluding carboxylic acids is 2. The van der Waals surface area contributed by atoms with Crippen molar-refractivity contribution in [3.8, 4) is 0 Å². The number of halogens is 1. The number of benzene rings is 1. The fourth-order valence-electron chi connectivity index (χ4n) is 3.03. The Labute approximate surface area is 150 Å². The van der Waals surface area contributed by atoms with Crippen LogP contribution in [0.5, 0.6) is 0 Å². The Morgan fingerprint density at radius 2 is 2.08 bits per heavy atom. The third kappa shape index (κ3) is 4.27. The second-order valence-electron chi connectivity index (χ2n) is 6.15. The highest BCUT2D eigenvalue weighted by molar-refractivity contribution is 9.10. The van der Waals surface area contributed by atoms with E-state index in [1.54, 1.807) is 4.90 Å². The van der Waals surface area contributed by atoms with Gasteiger partial charge in [0.05, 0.1) is 13.2 Å². The summed E-state index contributed by atoms with van der Waals surface area (Å²) in [6.45, 7) is 2.20. The molecule has 0 aromatic heterocycles. The fourth-order valence-corrected chi connectivity index (χ4v) is 3.29. The van der Waals surface area contributed by atoms with Gasteiger partial charge in [0.2, 0.25) is 5.91 Å². The highest BCUT2D eigenvalue weighted by Gasteiger charge is 2.29. The molecule has 1 aromatic rings. The number of hydrogen-bond acceptors (Lipinski definition) is 3. The topological polar surface area (TPSA) is 70.7 Å². The maximum Gasteiger partial charge on any atom is 0.318 e. The summed E-state index contributed by atoms with van der Waals surface area (Å²) >= 11 is 3.42. The molecule has 2 fully saturated rings. The zero-order chi connectivity index (χ0) is 16.9. The fraction of sp³-hybridized carbons (Fsp3) is 0.529. The number of carbonyl (C=O) groups is 2. The van der Waals surface area contributed by atoms with Gasteiger partial charge >= 0.3 is 6.03 Å². The standard InChI is InChI=1S/C17H22BrN3O3/c18-13-6-4-12(5-7-13)15-11-21(9-10-24-15)17(23)20-14-3-1-2-8-19-16(14)22/h4-7,14-15H,1-3,8-11H2,(H,19,22)(H,20,23). The van der Waals surface area contributed by atoms with Gasteiger partial charge in [-0.05, 0) is 37.0 Å². The van der Waals surface area contributed by atoms with Gasteiger partial charge in [0.1, 0.15) is 12.1 Å². The van der Waals surface area contributed by atoms with Crippen LogP contribution in [0.15, 0.2) is 28.7 Å². The lowest BCUT2D eigenvalue weighted by Crippen LogP contribution is -2.53. The van der Waals surface area contributed by atoms with Crippen molar-refractivity contribution in [2.45, 2.75) is 31.4 Å². The molecule has 0 spiro atoms. The van der Waals surface area contributed by atoms with E-state index >= 15 is 0 Å². The Kier molecular flexibility index (Phi) is 5.73. The van der Waals surface area contributed by atoms with Gasteiger partial charge in [0.15, 0.2) is 0 Å². The van der Waals surface area contributed by atoms with Crippen molar-refractivity contribution in [3.63, 3.8) is 0 Å². The predicted molar refractivity (Wildman–Crippen MR) is 93.6 cm³/mol. The first kappa shape index (κ1) is 17.2. The van der Waals surface area contributed by atoms with E-state index in [1.807, 2.05) is 24.3 Å². The van der Waals surface area contributed by atoms with Crippen LogP contribution in [-0.4, -0.2) is 49.1 Å². The number of nitrogens with zero attached hydrogens (tertiary/aromatic N) is 1. The number of nitrogens with one attached hydrogen (secondary N) is 2. The quantitative estimate of drug-likeness (QED) is 0.806. The van der Waals surface area contributed by atoms with Crippen LogP contribution in [0.4, 0.5) is 4.79 Å². The molecule has 2 unspecified atom stereocenters. The Balaban J connectivity index is 1.60. The summed E-state index contributed by atoms with van der Waals surface area (Å²) in [7, 11) is 0. The summed E-state index contributed by atoms with van der Waals surface area (Å²) in [5.41, 5.74) is 1.04. The number of hydrogen-bond donors (Lipinski definition) is 2. The number of rotatable bonds is 2. The lowest BCUT2D eigenvalue weighted by atomic mass is 10.1. The smallest absolute Gasteiger partial charge is 0.318 e. The van der Waals surface area contributed by atoms with Crippen LogP contribution in [0.3, 0.4) is 0 Å². The molecular formula is C17H22BrN3O3. The lowest BCUT2D eigenvalue weighted by molar-refractivity contribution is -0.122. The molecule has 0 aliphatic carbocycles. The lowest BCUT2D eigenvalue weighted by Gasteiger charge is -2.34. The van der Waals surface area contributed by atoms with Gasteiger partial charge in [-0.3, -0.25) is 4.79 Å². The second kappa shape index (κ2) is 7.98. The van der Waals surface area contributed by atoms with Gasteiger partial charge in [0.25, 0.3) is 0 Å². The normalized spacial score (nSPS) is 24.9. The molecular weight excluding hydrogens is 374 g/mol. The average Bonchev–Trinajstić information content (AvgIpc) is 2.80. The first-order valence-electron chi connectivity index (χ1n) is 8.34. The maximum atomic E-state index is 12.5. The molecule has 6 nitrogen and oxygen atoms in total. The summed E-state index contributed by atoms with van der Waals surface area (Å²) in [6, 6.07) is 7.29. The molecule has 130 valence electrons. The van der Waals surface area contributed by atoms with E-state index in [1.165, 1.54) is 0 Å². The van der Waals surface area contributed by atoms with E-state index in [2.05, 4.69) is 26.6 Å². The Morgan fingerprint density at radius 3 is 2.88 bits per heavy atom. The van der Waals surface area contributed by atoms with Crippen molar-refractivity contribution in [3.05, 3.63) is 34.3 Å². The summed E-state index contributed by atoms with van der Waals surface area (Å²) in [6.07, 6.45) is 2.45. The van der Waals surface area contributed by atoms with Crippen LogP contribution in [0.1, 0.15) is 30.9 Å². The predicted octanol–water partition coefficient (Wildman–Crippen LogP) is 2.20. The number of amides is 3. The monoisotopic (exact) mass is 395 g/mol. The highest BCUT2D eigenvalue weighted by Crippen LogP contribution is 2.24. The maximum absolute atomic E-state index is 12.5. The van der Waals surface area contributed by atoms with Crippen LogP contribution in [0.2, 0.25) is 0 Å². The number of ether oxygens (including phenoxy) is 1. The van der Waals surface area contributed by atoms with Crippen molar-refractivity contribution >= 4 is 27.9 Å². The molecule has 7 heteroatoms. The van der Waals surface area contributed by atoms with E-state index in [0.29, 0.717) is 32.7 Å². The van der Waals surface area contributed by atoms with Gasteiger partial charge in [-0.2, -0.15) is 0 Å².